The molecule has 3 nitrogen and oxygen atoms in total. The second kappa shape index (κ2) is 11.2. The van der Waals surface area contributed by atoms with Gasteiger partial charge < -0.3 is 4.42 Å². The van der Waals surface area contributed by atoms with Crippen LogP contribution in [0.3, 0.4) is 0 Å². The fraction of sp³-hybridized carbons (Fsp3) is 0. The van der Waals surface area contributed by atoms with Crippen LogP contribution in [0.15, 0.2) is 174 Å². The van der Waals surface area contributed by atoms with E-state index in [0.717, 1.165) is 49.5 Å². The minimum Gasteiger partial charge on any atom is -0.456 e. The Balaban J connectivity index is 1.12. The lowest BCUT2D eigenvalue weighted by molar-refractivity contribution is 0.669. The summed E-state index contributed by atoms with van der Waals surface area (Å²) in [5, 5.41) is 8.09. The van der Waals surface area contributed by atoms with E-state index < -0.39 is 0 Å². The molecule has 10 rings (SSSR count). The van der Waals surface area contributed by atoms with E-state index in [2.05, 4.69) is 163 Å². The molecule has 0 amide bonds. The number of hydrogen-bond donors (Lipinski definition) is 0. The van der Waals surface area contributed by atoms with Crippen LogP contribution in [0.1, 0.15) is 0 Å². The van der Waals surface area contributed by atoms with E-state index in [1.54, 1.807) is 11.3 Å². The molecule has 10 aromatic rings. The Hall–Kier alpha value is -6.23. The molecule has 0 saturated heterocycles. The molecule has 0 fully saturated rings. The molecule has 0 atom stereocenters. The number of benzene rings is 8. The van der Waals surface area contributed by atoms with E-state index in [4.69, 9.17) is 9.40 Å². The highest BCUT2D eigenvalue weighted by atomic mass is 32.1. The molecule has 2 aromatic heterocycles. The number of hydrogen-bond acceptors (Lipinski definition) is 4. The number of rotatable bonds is 5. The van der Waals surface area contributed by atoms with Crippen LogP contribution in [-0.2, 0) is 0 Å². The smallest absolute Gasteiger partial charge is 0.195 e. The van der Waals surface area contributed by atoms with Crippen molar-refractivity contribution in [3.05, 3.63) is 170 Å². The Kier molecular flexibility index (Phi) is 6.36. The molecule has 0 aliphatic rings. The summed E-state index contributed by atoms with van der Waals surface area (Å²) in [6.07, 6.45) is 0. The van der Waals surface area contributed by atoms with Crippen molar-refractivity contribution in [1.29, 1.82) is 0 Å². The fourth-order valence-corrected chi connectivity index (χ4v) is 8.25. The number of aromatic nitrogens is 1. The van der Waals surface area contributed by atoms with E-state index in [-0.39, 0.29) is 0 Å². The molecular weight excluding hydrogens is 617 g/mol. The Bertz CT molecular complexity index is 2810. The van der Waals surface area contributed by atoms with Crippen molar-refractivity contribution >= 4 is 81.5 Å². The van der Waals surface area contributed by atoms with E-state index in [1.165, 1.54) is 42.9 Å². The van der Waals surface area contributed by atoms with Gasteiger partial charge >= 0.3 is 0 Å². The van der Waals surface area contributed by atoms with Crippen molar-refractivity contribution in [2.45, 2.75) is 0 Å². The third-order valence-electron chi connectivity index (χ3n) is 9.51. The van der Waals surface area contributed by atoms with Crippen LogP contribution < -0.4 is 4.90 Å². The topological polar surface area (TPSA) is 29.3 Å². The van der Waals surface area contributed by atoms with E-state index >= 15 is 0 Å². The molecule has 0 aliphatic carbocycles. The van der Waals surface area contributed by atoms with E-state index in [0.29, 0.717) is 0 Å². The minimum atomic E-state index is 0.858. The lowest BCUT2D eigenvalue weighted by Crippen LogP contribution is -2.09. The van der Waals surface area contributed by atoms with Gasteiger partial charge in [-0.3, -0.25) is 4.90 Å². The highest BCUT2D eigenvalue weighted by Gasteiger charge is 2.20. The molecule has 4 heteroatoms. The predicted octanol–water partition coefficient (Wildman–Crippen LogP) is 13.3. The van der Waals surface area contributed by atoms with Crippen molar-refractivity contribution in [1.82, 2.24) is 4.98 Å². The van der Waals surface area contributed by atoms with Crippen LogP contribution in [0.2, 0.25) is 0 Å². The maximum atomic E-state index is 6.35. The largest absolute Gasteiger partial charge is 0.456 e. The first kappa shape index (κ1) is 27.8. The molecule has 230 valence electrons. The number of thiazole rings is 1. The molecule has 0 aliphatic heterocycles. The van der Waals surface area contributed by atoms with Gasteiger partial charge in [-0.1, -0.05) is 139 Å². The molecule has 49 heavy (non-hydrogen) atoms. The average molecular weight is 645 g/mol. The fourth-order valence-electron chi connectivity index (χ4n) is 7.07. The number of anilines is 3. The third-order valence-corrected chi connectivity index (χ3v) is 10.6. The molecule has 0 bridgehead atoms. The highest BCUT2D eigenvalue weighted by Crippen LogP contribution is 2.44. The quantitative estimate of drug-likeness (QED) is 0.175. The highest BCUT2D eigenvalue weighted by molar-refractivity contribution is 7.23. The van der Waals surface area contributed by atoms with Crippen molar-refractivity contribution in [2.24, 2.45) is 0 Å². The zero-order valence-electron chi connectivity index (χ0n) is 26.4. The molecule has 0 unspecified atom stereocenters. The lowest BCUT2D eigenvalue weighted by Gasteiger charge is -2.22. The average Bonchev–Trinajstić information content (AvgIpc) is 3.77. The summed E-state index contributed by atoms with van der Waals surface area (Å²) >= 11 is 1.73. The number of furan rings is 1. The molecule has 0 spiro atoms. The summed E-state index contributed by atoms with van der Waals surface area (Å²) in [7, 11) is 0. The van der Waals surface area contributed by atoms with Crippen LogP contribution in [0.5, 0.6) is 0 Å². The van der Waals surface area contributed by atoms with Gasteiger partial charge in [0.05, 0.1) is 15.9 Å². The van der Waals surface area contributed by atoms with Crippen LogP contribution in [0.4, 0.5) is 16.5 Å². The van der Waals surface area contributed by atoms with Gasteiger partial charge in [0.2, 0.25) is 0 Å². The molecule has 8 aromatic carbocycles. The third kappa shape index (κ3) is 4.68. The molecule has 0 saturated carbocycles. The van der Waals surface area contributed by atoms with Gasteiger partial charge in [-0.25, -0.2) is 4.98 Å². The van der Waals surface area contributed by atoms with Crippen LogP contribution in [0.25, 0.3) is 76.0 Å². The van der Waals surface area contributed by atoms with Gasteiger partial charge in [0.25, 0.3) is 0 Å². The normalized spacial score (nSPS) is 11.7. The number of nitrogens with zero attached hydrogens (tertiary/aromatic N) is 2. The van der Waals surface area contributed by atoms with Gasteiger partial charge in [0.15, 0.2) is 5.13 Å². The molecular formula is C45H28N2OS. The second-order valence-electron chi connectivity index (χ2n) is 12.4. The van der Waals surface area contributed by atoms with Crippen molar-refractivity contribution < 1.29 is 4.42 Å². The van der Waals surface area contributed by atoms with E-state index in [9.17, 15) is 0 Å². The summed E-state index contributed by atoms with van der Waals surface area (Å²) in [6, 6.07) is 60.2. The number of para-hydroxylation sites is 1. The zero-order valence-corrected chi connectivity index (χ0v) is 27.2. The van der Waals surface area contributed by atoms with Gasteiger partial charge in [0, 0.05) is 27.9 Å². The van der Waals surface area contributed by atoms with Gasteiger partial charge in [-0.2, -0.15) is 0 Å². The van der Waals surface area contributed by atoms with Crippen molar-refractivity contribution in [3.8, 4) is 22.3 Å². The van der Waals surface area contributed by atoms with Crippen LogP contribution >= 0.6 is 11.3 Å². The number of fused-ring (bicyclic) bond motifs is 8. The predicted molar refractivity (Wildman–Crippen MR) is 207 cm³/mol. The monoisotopic (exact) mass is 644 g/mol. The Labute approximate surface area is 286 Å². The summed E-state index contributed by atoms with van der Waals surface area (Å²) < 4.78 is 7.54. The molecule has 2 heterocycles. The Morgan fingerprint density at radius 3 is 1.84 bits per heavy atom. The molecule has 0 radical (unpaired) electrons. The maximum Gasteiger partial charge on any atom is 0.195 e. The molecule has 0 N–H and O–H groups in total. The zero-order chi connectivity index (χ0) is 32.3. The summed E-state index contributed by atoms with van der Waals surface area (Å²) in [5.41, 5.74) is 9.56. The summed E-state index contributed by atoms with van der Waals surface area (Å²) in [4.78, 5) is 7.54. The van der Waals surface area contributed by atoms with E-state index in [1.807, 2.05) is 12.1 Å². The second-order valence-corrected chi connectivity index (χ2v) is 13.4. The van der Waals surface area contributed by atoms with Crippen molar-refractivity contribution in [3.63, 3.8) is 0 Å². The summed E-state index contributed by atoms with van der Waals surface area (Å²) in [5.74, 6) is 0. The Morgan fingerprint density at radius 2 is 1.04 bits per heavy atom. The first-order valence-electron chi connectivity index (χ1n) is 16.5. The Morgan fingerprint density at radius 1 is 0.449 bits per heavy atom. The SMILES string of the molecule is c1ccc(-c2ccc(-c3ccc(N(c4ccc5c(c4)oc4ccccc45)c4nc5ccc6ccc7ccccc7c6c5s4)cc3)cc2)cc1. The first-order chi connectivity index (χ1) is 24.3. The van der Waals surface area contributed by atoms with Crippen LogP contribution in [0, 0.1) is 0 Å². The first-order valence-corrected chi connectivity index (χ1v) is 17.3. The van der Waals surface area contributed by atoms with Gasteiger partial charge in [0.1, 0.15) is 11.2 Å². The standard InChI is InChI=1S/C45H28N2OS/c1-2-8-29(9-3-1)30-14-16-31(17-15-30)32-20-23-35(24-21-32)47(36-25-26-39-38-12-6-7-13-41(38)48-42(39)28-36)45-46-40-27-22-34-19-18-33-10-4-5-11-37(33)43(34)44(40)49-45/h1-28H. The van der Waals surface area contributed by atoms with Crippen molar-refractivity contribution in [2.75, 3.05) is 4.90 Å². The lowest BCUT2D eigenvalue weighted by atomic mass is 10.00. The van der Waals surface area contributed by atoms with Gasteiger partial charge in [-0.05, 0) is 74.8 Å². The van der Waals surface area contributed by atoms with Gasteiger partial charge in [-0.15, -0.1) is 0 Å². The maximum absolute atomic E-state index is 6.35. The van der Waals surface area contributed by atoms with Crippen LogP contribution in [-0.4, -0.2) is 4.98 Å². The minimum absolute atomic E-state index is 0.858. The summed E-state index contributed by atoms with van der Waals surface area (Å²) in [6.45, 7) is 0.